The number of carbonyl (C=O) groups excluding carboxylic acids is 2. The summed E-state index contributed by atoms with van der Waals surface area (Å²) in [7, 11) is -3.75. The lowest BCUT2D eigenvalue weighted by molar-refractivity contribution is -0.0317. The first-order valence-electron chi connectivity index (χ1n) is 10.5. The average Bonchev–Trinajstić information content (AvgIpc) is 3.21. The summed E-state index contributed by atoms with van der Waals surface area (Å²) in [6.45, 7) is 5.98. The van der Waals surface area contributed by atoms with Crippen LogP contribution in [0.15, 0.2) is 6.20 Å². The highest BCUT2D eigenvalue weighted by atomic mass is 32.3. The Kier molecular flexibility index (Phi) is 7.07. The summed E-state index contributed by atoms with van der Waals surface area (Å²) < 4.78 is 42.8. The number of hydroxylamine groups is 4. The molecule has 2 aliphatic heterocycles. The lowest BCUT2D eigenvalue weighted by Gasteiger charge is -2.33. The van der Waals surface area contributed by atoms with Crippen molar-refractivity contribution in [3.05, 3.63) is 17.5 Å². The topological polar surface area (TPSA) is 191 Å². The summed E-state index contributed by atoms with van der Waals surface area (Å²) in [6, 6.07) is -2.84. The number of hydrogen-bond acceptors (Lipinski definition) is 9. The van der Waals surface area contributed by atoms with E-state index in [1.165, 1.54) is 13.2 Å². The van der Waals surface area contributed by atoms with Crippen LogP contribution >= 0.6 is 0 Å². The normalized spacial score (nSPS) is 19.8. The maximum atomic E-state index is 12.8. The van der Waals surface area contributed by atoms with Crippen molar-refractivity contribution in [1.29, 1.82) is 5.41 Å². The molecular weight excluding hydrogens is 474 g/mol. The Bertz CT molecular complexity index is 1060. The predicted molar refractivity (Wildman–Crippen MR) is 115 cm³/mol. The SMILES string of the molecule is CN(O)C(=N)[C@@H]1c2c(cnn2CCCCNC(=O)OC(C)(C)C)[C@@H]2CN1C(=O)N2OS(=O)(=O)O. The monoisotopic (exact) mass is 503 g/mol. The molecule has 0 saturated carbocycles. The van der Waals surface area contributed by atoms with Crippen LogP contribution in [0.2, 0.25) is 0 Å². The highest BCUT2D eigenvalue weighted by Crippen LogP contribution is 2.44. The number of amides is 3. The van der Waals surface area contributed by atoms with Gasteiger partial charge in [0.05, 0.1) is 18.4 Å². The molecule has 1 aromatic rings. The number of unbranched alkanes of at least 4 members (excludes halogenated alkanes) is 1. The minimum absolute atomic E-state index is 0.0340. The predicted octanol–water partition coefficient (Wildman–Crippen LogP) is 1.05. The zero-order chi connectivity index (χ0) is 25.4. The summed E-state index contributed by atoms with van der Waals surface area (Å²) in [5, 5.41) is 26.2. The highest BCUT2D eigenvalue weighted by molar-refractivity contribution is 7.80. The number of alkyl carbamates (subject to hydrolysis) is 1. The number of carbonyl (C=O) groups is 2. The van der Waals surface area contributed by atoms with Crippen molar-refractivity contribution in [3.8, 4) is 0 Å². The molecular formula is C18H29N7O8S. The second kappa shape index (κ2) is 9.36. The average molecular weight is 504 g/mol. The van der Waals surface area contributed by atoms with E-state index in [1.807, 2.05) is 0 Å². The molecule has 1 fully saturated rings. The molecule has 0 aromatic carbocycles. The first-order chi connectivity index (χ1) is 15.7. The van der Waals surface area contributed by atoms with Crippen molar-refractivity contribution in [2.45, 2.75) is 57.8 Å². The highest BCUT2D eigenvalue weighted by Gasteiger charge is 2.53. The summed E-state index contributed by atoms with van der Waals surface area (Å²) in [5.74, 6) is -0.338. The van der Waals surface area contributed by atoms with E-state index < -0.39 is 40.2 Å². The summed E-state index contributed by atoms with van der Waals surface area (Å²) >= 11 is 0. The van der Waals surface area contributed by atoms with E-state index in [9.17, 15) is 23.2 Å². The molecule has 0 unspecified atom stereocenters. The fraction of sp³-hybridized carbons (Fsp3) is 0.667. The second-order valence-corrected chi connectivity index (χ2v) is 9.94. The van der Waals surface area contributed by atoms with Crippen LogP contribution in [0.5, 0.6) is 0 Å². The number of urea groups is 1. The van der Waals surface area contributed by atoms with Gasteiger partial charge in [-0.15, -0.1) is 4.28 Å². The van der Waals surface area contributed by atoms with Gasteiger partial charge in [0.1, 0.15) is 23.5 Å². The smallest absolute Gasteiger partial charge is 0.418 e. The Morgan fingerprint density at radius 1 is 1.38 bits per heavy atom. The number of rotatable bonds is 8. The van der Waals surface area contributed by atoms with E-state index in [-0.39, 0.29) is 12.4 Å². The maximum absolute atomic E-state index is 12.8. The van der Waals surface area contributed by atoms with Gasteiger partial charge in [-0.2, -0.15) is 18.6 Å². The Labute approximate surface area is 196 Å². The fourth-order valence-electron chi connectivity index (χ4n) is 3.86. The standard InChI is InChI=1S/C18H29N7O8S/c1-18(2,3)32-16(26)20-7-5-6-8-24-13-11(9-21-24)12-10-23(14(13)15(19)22(4)28)17(27)25(12)33-34(29,30)31/h9,12,14,19,28H,5-8,10H2,1-4H3,(H,20,26)(H,29,30,31)/t12-,14-/m0/s1. The zero-order valence-corrected chi connectivity index (χ0v) is 20.1. The van der Waals surface area contributed by atoms with Crippen LogP contribution in [-0.4, -0.2) is 86.7 Å². The van der Waals surface area contributed by atoms with E-state index in [0.717, 1.165) is 4.90 Å². The van der Waals surface area contributed by atoms with Gasteiger partial charge in [0.2, 0.25) is 0 Å². The number of ether oxygens (including phenoxy) is 1. The Morgan fingerprint density at radius 3 is 2.65 bits per heavy atom. The van der Waals surface area contributed by atoms with Gasteiger partial charge < -0.3 is 15.0 Å². The van der Waals surface area contributed by atoms with Crippen molar-refractivity contribution in [1.82, 2.24) is 30.1 Å². The van der Waals surface area contributed by atoms with Crippen LogP contribution in [0.3, 0.4) is 0 Å². The quantitative estimate of drug-likeness (QED) is 0.131. The summed E-state index contributed by atoms with van der Waals surface area (Å²) in [4.78, 5) is 25.7. The van der Waals surface area contributed by atoms with Gasteiger partial charge in [0.25, 0.3) is 0 Å². The third-order valence-corrected chi connectivity index (χ3v) is 5.52. The number of aromatic nitrogens is 2. The van der Waals surface area contributed by atoms with Gasteiger partial charge in [-0.05, 0) is 33.6 Å². The van der Waals surface area contributed by atoms with Crippen molar-refractivity contribution < 1.29 is 36.8 Å². The van der Waals surface area contributed by atoms with Crippen LogP contribution in [0, 0.1) is 5.41 Å². The molecule has 3 rings (SSSR count). The second-order valence-electron chi connectivity index (χ2n) is 8.93. The van der Waals surface area contributed by atoms with Crippen molar-refractivity contribution >= 4 is 28.4 Å². The number of amidine groups is 1. The third kappa shape index (κ3) is 5.57. The first kappa shape index (κ1) is 25.7. The number of likely N-dealkylation sites (N-methyl/N-ethyl adjacent to an activating group) is 1. The largest absolute Gasteiger partial charge is 0.444 e. The molecule has 0 radical (unpaired) electrons. The number of fused-ring (bicyclic) bond motifs is 4. The molecule has 0 spiro atoms. The number of hydrogen-bond donors (Lipinski definition) is 4. The number of nitrogens with one attached hydrogen (secondary N) is 2. The van der Waals surface area contributed by atoms with Gasteiger partial charge in [-0.1, -0.05) is 0 Å². The molecule has 190 valence electrons. The van der Waals surface area contributed by atoms with Crippen LogP contribution < -0.4 is 5.32 Å². The Hall–Kier alpha value is -2.95. The molecule has 2 bridgehead atoms. The molecule has 3 amide bonds. The van der Waals surface area contributed by atoms with Gasteiger partial charge in [0, 0.05) is 25.7 Å². The third-order valence-electron chi connectivity index (χ3n) is 5.17. The minimum Gasteiger partial charge on any atom is -0.444 e. The van der Waals surface area contributed by atoms with Crippen LogP contribution in [0.4, 0.5) is 9.59 Å². The summed E-state index contributed by atoms with van der Waals surface area (Å²) in [6.07, 6.45) is 2.07. The molecule has 1 saturated heterocycles. The summed E-state index contributed by atoms with van der Waals surface area (Å²) in [5.41, 5.74) is 0.239. The Morgan fingerprint density at radius 2 is 2.06 bits per heavy atom. The molecule has 15 nitrogen and oxygen atoms in total. The molecule has 2 atom stereocenters. The molecule has 2 aliphatic rings. The molecule has 3 heterocycles. The van der Waals surface area contributed by atoms with Gasteiger partial charge >= 0.3 is 22.5 Å². The van der Waals surface area contributed by atoms with E-state index in [4.69, 9.17) is 14.7 Å². The fourth-order valence-corrected chi connectivity index (χ4v) is 4.23. The Balaban J connectivity index is 1.76. The van der Waals surface area contributed by atoms with Crippen molar-refractivity contribution in [2.75, 3.05) is 20.1 Å². The molecule has 16 heteroatoms. The lowest BCUT2D eigenvalue weighted by Crippen LogP contribution is -2.44. The van der Waals surface area contributed by atoms with Crippen LogP contribution in [0.25, 0.3) is 0 Å². The van der Waals surface area contributed by atoms with E-state index in [0.29, 0.717) is 47.3 Å². The molecule has 4 N–H and O–H groups in total. The maximum Gasteiger partial charge on any atom is 0.418 e. The molecule has 1 aromatic heterocycles. The van der Waals surface area contributed by atoms with Gasteiger partial charge in [-0.3, -0.25) is 19.9 Å². The zero-order valence-electron chi connectivity index (χ0n) is 19.3. The number of nitrogens with zero attached hydrogens (tertiary/aromatic N) is 5. The minimum atomic E-state index is -4.98. The van der Waals surface area contributed by atoms with E-state index in [2.05, 4.69) is 14.7 Å². The van der Waals surface area contributed by atoms with Crippen LogP contribution in [0.1, 0.15) is 57.0 Å². The number of aryl methyl sites for hydroxylation is 1. The van der Waals surface area contributed by atoms with E-state index in [1.54, 1.807) is 25.5 Å². The van der Waals surface area contributed by atoms with Crippen molar-refractivity contribution in [3.63, 3.8) is 0 Å². The molecule has 0 aliphatic carbocycles. The molecule has 34 heavy (non-hydrogen) atoms. The first-order valence-corrected chi connectivity index (χ1v) is 11.9. The van der Waals surface area contributed by atoms with E-state index >= 15 is 0 Å². The lowest BCUT2D eigenvalue weighted by atomic mass is 9.97. The van der Waals surface area contributed by atoms with Crippen molar-refractivity contribution in [2.24, 2.45) is 0 Å². The van der Waals surface area contributed by atoms with Crippen LogP contribution in [-0.2, 0) is 26.0 Å². The van der Waals surface area contributed by atoms with Gasteiger partial charge in [0.15, 0.2) is 0 Å². The van der Waals surface area contributed by atoms with Gasteiger partial charge in [-0.25, -0.2) is 14.7 Å².